The Morgan fingerprint density at radius 3 is 2.90 bits per heavy atom. The number of allylic oxidation sites excluding steroid dienone is 2. The van der Waals surface area contributed by atoms with Crippen molar-refractivity contribution in [1.29, 1.82) is 0 Å². The van der Waals surface area contributed by atoms with E-state index >= 15 is 0 Å². The first-order chi connectivity index (χ1) is 9.67. The number of benzene rings is 1. The van der Waals surface area contributed by atoms with Crippen LogP contribution in [0.1, 0.15) is 5.56 Å². The summed E-state index contributed by atoms with van der Waals surface area (Å²) in [6.45, 7) is 0. The lowest BCUT2D eigenvalue weighted by atomic mass is 9.98. The highest BCUT2D eigenvalue weighted by molar-refractivity contribution is 8.01. The standard InChI is InChI=1S/C15H15FN2OS/c1-19-14-8-10(16)5-6-11(14)13-9-18-15(17)12(13)4-3-7-20-2/h3-9H,1-2H3,(H2,17,18)/b7-3+,12-4+. The third-order valence-corrected chi connectivity index (χ3v) is 3.26. The minimum atomic E-state index is -0.342. The van der Waals surface area contributed by atoms with Gasteiger partial charge in [0.15, 0.2) is 0 Å². The van der Waals surface area contributed by atoms with Crippen LogP contribution in [0.5, 0.6) is 5.75 Å². The van der Waals surface area contributed by atoms with Gasteiger partial charge in [-0.15, -0.1) is 11.8 Å². The van der Waals surface area contributed by atoms with Crippen LogP contribution < -0.4 is 10.5 Å². The average Bonchev–Trinajstić information content (AvgIpc) is 2.80. The molecule has 0 saturated heterocycles. The van der Waals surface area contributed by atoms with Gasteiger partial charge < -0.3 is 10.5 Å². The van der Waals surface area contributed by atoms with Crippen molar-refractivity contribution in [2.75, 3.05) is 13.4 Å². The van der Waals surface area contributed by atoms with Gasteiger partial charge in [0.1, 0.15) is 17.4 Å². The van der Waals surface area contributed by atoms with Crippen LogP contribution in [-0.2, 0) is 0 Å². The number of halogens is 1. The first-order valence-corrected chi connectivity index (χ1v) is 7.24. The van der Waals surface area contributed by atoms with Crippen LogP contribution >= 0.6 is 11.8 Å². The predicted octanol–water partition coefficient (Wildman–Crippen LogP) is 3.35. The number of amidine groups is 1. The number of nitrogens with zero attached hydrogens (tertiary/aromatic N) is 1. The molecule has 1 aliphatic heterocycles. The zero-order valence-corrected chi connectivity index (χ0v) is 12.1. The maximum absolute atomic E-state index is 13.3. The van der Waals surface area contributed by atoms with E-state index in [4.69, 9.17) is 10.5 Å². The molecule has 0 atom stereocenters. The summed E-state index contributed by atoms with van der Waals surface area (Å²) in [6, 6.07) is 4.41. The van der Waals surface area contributed by atoms with Crippen LogP contribution in [0.3, 0.4) is 0 Å². The van der Waals surface area contributed by atoms with Gasteiger partial charge in [-0.1, -0.05) is 12.2 Å². The number of nitrogens with two attached hydrogens (primary N) is 1. The third kappa shape index (κ3) is 2.93. The van der Waals surface area contributed by atoms with Crippen molar-refractivity contribution in [3.8, 4) is 5.75 Å². The van der Waals surface area contributed by atoms with E-state index in [1.165, 1.54) is 19.2 Å². The van der Waals surface area contributed by atoms with Gasteiger partial charge in [0.05, 0.1) is 7.11 Å². The van der Waals surface area contributed by atoms with Crippen LogP contribution in [-0.4, -0.2) is 19.2 Å². The fourth-order valence-corrected chi connectivity index (χ4v) is 2.14. The van der Waals surface area contributed by atoms with E-state index in [9.17, 15) is 4.39 Å². The Kier molecular flexibility index (Phi) is 4.63. The number of methoxy groups -OCH3 is 1. The number of aliphatic imine (C=N–C) groups is 1. The lowest BCUT2D eigenvalue weighted by molar-refractivity contribution is 0.410. The zero-order valence-electron chi connectivity index (χ0n) is 11.3. The second kappa shape index (κ2) is 6.43. The molecule has 1 aromatic carbocycles. The fraction of sp³-hybridized carbons (Fsp3) is 0.133. The molecule has 5 heteroatoms. The van der Waals surface area contributed by atoms with Crippen LogP contribution in [0.25, 0.3) is 5.57 Å². The molecule has 1 aromatic rings. The van der Waals surface area contributed by atoms with Gasteiger partial charge in [-0.05, 0) is 23.8 Å². The van der Waals surface area contributed by atoms with Crippen molar-refractivity contribution in [2.24, 2.45) is 10.7 Å². The topological polar surface area (TPSA) is 47.6 Å². The minimum Gasteiger partial charge on any atom is -0.496 e. The molecular weight excluding hydrogens is 275 g/mol. The summed E-state index contributed by atoms with van der Waals surface area (Å²) < 4.78 is 18.5. The predicted molar refractivity (Wildman–Crippen MR) is 83.3 cm³/mol. The third-order valence-electron chi connectivity index (χ3n) is 2.83. The number of hydrogen-bond donors (Lipinski definition) is 1. The summed E-state index contributed by atoms with van der Waals surface area (Å²) >= 11 is 1.59. The summed E-state index contributed by atoms with van der Waals surface area (Å²) in [7, 11) is 1.51. The Hall–Kier alpha value is -2.01. The summed E-state index contributed by atoms with van der Waals surface area (Å²) in [5, 5.41) is 1.94. The quantitative estimate of drug-likeness (QED) is 0.925. The molecule has 0 unspecified atom stereocenters. The largest absolute Gasteiger partial charge is 0.496 e. The van der Waals surface area contributed by atoms with Crippen molar-refractivity contribution in [3.63, 3.8) is 0 Å². The molecule has 104 valence electrons. The number of rotatable bonds is 4. The highest BCUT2D eigenvalue weighted by Gasteiger charge is 2.19. The molecule has 0 aliphatic carbocycles. The van der Waals surface area contributed by atoms with Crippen LogP contribution in [0, 0.1) is 5.82 Å². The molecule has 2 N–H and O–H groups in total. The summed E-state index contributed by atoms with van der Waals surface area (Å²) in [5.74, 6) is 0.559. The maximum Gasteiger partial charge on any atom is 0.131 e. The van der Waals surface area contributed by atoms with Gasteiger partial charge in [-0.3, -0.25) is 0 Å². The van der Waals surface area contributed by atoms with Gasteiger partial charge in [-0.2, -0.15) is 0 Å². The smallest absolute Gasteiger partial charge is 0.131 e. The maximum atomic E-state index is 13.3. The number of hydrogen-bond acceptors (Lipinski definition) is 4. The molecule has 1 aliphatic rings. The van der Waals surface area contributed by atoms with E-state index < -0.39 is 0 Å². The van der Waals surface area contributed by atoms with E-state index in [1.54, 1.807) is 24.0 Å². The summed E-state index contributed by atoms with van der Waals surface area (Å²) in [4.78, 5) is 4.13. The number of thioether (sulfide) groups is 1. The Bertz CT molecular complexity index is 633. The van der Waals surface area contributed by atoms with Crippen molar-refractivity contribution in [1.82, 2.24) is 0 Å². The molecule has 0 saturated carbocycles. The first-order valence-electron chi connectivity index (χ1n) is 5.95. The van der Waals surface area contributed by atoms with Gasteiger partial charge in [0.2, 0.25) is 0 Å². The average molecular weight is 290 g/mol. The fourth-order valence-electron chi connectivity index (χ4n) is 1.90. The Labute approximate surface area is 121 Å². The van der Waals surface area contributed by atoms with Crippen molar-refractivity contribution in [2.45, 2.75) is 0 Å². The Balaban J connectivity index is 2.43. The molecule has 20 heavy (non-hydrogen) atoms. The van der Waals surface area contributed by atoms with Gasteiger partial charge in [0, 0.05) is 29.0 Å². The lowest BCUT2D eigenvalue weighted by Crippen LogP contribution is -2.12. The summed E-state index contributed by atoms with van der Waals surface area (Å²) in [5.41, 5.74) is 8.28. The Morgan fingerprint density at radius 1 is 1.40 bits per heavy atom. The molecule has 0 bridgehead atoms. The van der Waals surface area contributed by atoms with Crippen molar-refractivity contribution >= 4 is 23.2 Å². The molecule has 0 aromatic heterocycles. The normalized spacial score (nSPS) is 16.6. The second-order valence-corrected chi connectivity index (χ2v) is 4.79. The van der Waals surface area contributed by atoms with Gasteiger partial charge >= 0.3 is 0 Å². The molecule has 3 nitrogen and oxygen atoms in total. The van der Waals surface area contributed by atoms with Crippen LogP contribution in [0.4, 0.5) is 4.39 Å². The van der Waals surface area contributed by atoms with Gasteiger partial charge in [-0.25, -0.2) is 9.38 Å². The first kappa shape index (κ1) is 14.4. The molecular formula is C15H15FN2OS. The summed E-state index contributed by atoms with van der Waals surface area (Å²) in [6.07, 6.45) is 7.43. The second-order valence-electron chi connectivity index (χ2n) is 4.05. The molecule has 0 fully saturated rings. The number of ether oxygens (including phenoxy) is 1. The molecule has 2 rings (SSSR count). The SMILES string of the molecule is COc1cc(F)ccc1C1=CN=C(N)/C1=C/C=C/SC. The zero-order chi connectivity index (χ0) is 14.5. The van der Waals surface area contributed by atoms with E-state index in [-0.39, 0.29) is 5.82 Å². The van der Waals surface area contributed by atoms with E-state index in [1.807, 2.05) is 23.8 Å². The molecule has 0 amide bonds. The van der Waals surface area contributed by atoms with Crippen molar-refractivity contribution < 1.29 is 9.13 Å². The van der Waals surface area contributed by atoms with Crippen LogP contribution in [0.2, 0.25) is 0 Å². The van der Waals surface area contributed by atoms with E-state index in [0.29, 0.717) is 11.6 Å². The molecule has 0 radical (unpaired) electrons. The molecule has 0 spiro atoms. The minimum absolute atomic E-state index is 0.342. The van der Waals surface area contributed by atoms with E-state index in [0.717, 1.165) is 16.7 Å². The highest BCUT2D eigenvalue weighted by Crippen LogP contribution is 2.34. The van der Waals surface area contributed by atoms with Crippen molar-refractivity contribution in [3.05, 3.63) is 58.9 Å². The highest BCUT2D eigenvalue weighted by atomic mass is 32.2. The Morgan fingerprint density at radius 2 is 2.20 bits per heavy atom. The lowest BCUT2D eigenvalue weighted by Gasteiger charge is -2.11. The van der Waals surface area contributed by atoms with Crippen LogP contribution in [0.15, 0.2) is 52.5 Å². The van der Waals surface area contributed by atoms with E-state index in [2.05, 4.69) is 4.99 Å². The molecule has 1 heterocycles. The monoisotopic (exact) mass is 290 g/mol. The van der Waals surface area contributed by atoms with Gasteiger partial charge in [0.25, 0.3) is 0 Å².